The Morgan fingerprint density at radius 1 is 1.12 bits per heavy atom. The van der Waals surface area contributed by atoms with Gasteiger partial charge in [0, 0.05) is 25.3 Å². The lowest BCUT2D eigenvalue weighted by molar-refractivity contribution is -0.419. The second-order valence-corrected chi connectivity index (χ2v) is 7.23. The maximum Gasteiger partial charge on any atom is 0.269 e. The van der Waals surface area contributed by atoms with Crippen LogP contribution in [0.2, 0.25) is 0 Å². The molecule has 1 fully saturated rings. The molecule has 7 nitrogen and oxygen atoms in total. The van der Waals surface area contributed by atoms with Gasteiger partial charge in [-0.05, 0) is 45.4 Å². The lowest BCUT2D eigenvalue weighted by Gasteiger charge is -2.15. The van der Waals surface area contributed by atoms with Crippen molar-refractivity contribution >= 4 is 0 Å². The van der Waals surface area contributed by atoms with Crippen LogP contribution in [0.3, 0.4) is 0 Å². The van der Waals surface area contributed by atoms with Crippen LogP contribution in [0.1, 0.15) is 78.2 Å². The molecule has 7 heteroatoms. The first-order valence-electron chi connectivity index (χ1n) is 12.0. The molecule has 0 saturated heterocycles. The Hall–Kier alpha value is -2.48. The van der Waals surface area contributed by atoms with E-state index in [4.69, 9.17) is 21.7 Å². The predicted molar refractivity (Wildman–Crippen MR) is 147 cm³/mol. The van der Waals surface area contributed by atoms with Gasteiger partial charge in [0.05, 0.1) is 4.92 Å². The van der Waals surface area contributed by atoms with Crippen LogP contribution in [-0.2, 0) is 0 Å². The predicted octanol–water partition coefficient (Wildman–Crippen LogP) is 6.27. The van der Waals surface area contributed by atoms with E-state index < -0.39 is 4.92 Å². The quantitative estimate of drug-likeness (QED) is 0.227. The van der Waals surface area contributed by atoms with Crippen molar-refractivity contribution in [3.63, 3.8) is 0 Å². The summed E-state index contributed by atoms with van der Waals surface area (Å²) < 4.78 is 0. The minimum absolute atomic E-state index is 0.0532. The Bertz CT molecular complexity index is 586. The number of unbranched alkanes of at least 4 members (excludes halogenated alkanes) is 1. The first-order valence-corrected chi connectivity index (χ1v) is 12.0. The molecule has 34 heavy (non-hydrogen) atoms. The molecule has 0 unspecified atom stereocenters. The number of phenolic OH excluding ortho intramolecular Hbond substituents is 1. The van der Waals surface area contributed by atoms with Gasteiger partial charge in [0.1, 0.15) is 5.75 Å². The largest absolute Gasteiger partial charge is 0.508 e. The molecule has 0 bridgehead atoms. The highest BCUT2D eigenvalue weighted by molar-refractivity contribution is 5.24. The highest BCUT2D eigenvalue weighted by Crippen LogP contribution is 2.14. The third-order valence-electron chi connectivity index (χ3n) is 4.02. The van der Waals surface area contributed by atoms with E-state index in [2.05, 4.69) is 20.4 Å². The molecule has 0 amide bonds. The van der Waals surface area contributed by atoms with Gasteiger partial charge in [0.2, 0.25) is 0 Å². The van der Waals surface area contributed by atoms with Crippen molar-refractivity contribution in [1.82, 2.24) is 0 Å². The number of phenols is 1. The molecule has 1 aliphatic carbocycles. The van der Waals surface area contributed by atoms with Gasteiger partial charge in [-0.15, -0.1) is 0 Å². The summed E-state index contributed by atoms with van der Waals surface area (Å²) in [5, 5.41) is 25.9. The van der Waals surface area contributed by atoms with E-state index in [-0.39, 0.29) is 5.70 Å². The number of nitrogens with zero attached hydrogens (tertiary/aromatic N) is 1. The summed E-state index contributed by atoms with van der Waals surface area (Å²) in [7, 11) is 1.00. The number of rotatable bonds is 4. The summed E-state index contributed by atoms with van der Waals surface area (Å²) in [6.07, 6.45) is 15.1. The van der Waals surface area contributed by atoms with E-state index in [1.807, 2.05) is 26.0 Å². The average molecular weight is 482 g/mol. The van der Waals surface area contributed by atoms with Gasteiger partial charge in [-0.3, -0.25) is 10.1 Å². The van der Waals surface area contributed by atoms with Gasteiger partial charge in [0.15, 0.2) is 0 Å². The molecule has 1 saturated carbocycles. The fourth-order valence-corrected chi connectivity index (χ4v) is 2.15. The van der Waals surface area contributed by atoms with Crippen LogP contribution in [0.5, 0.6) is 5.75 Å². The van der Waals surface area contributed by atoms with Crippen molar-refractivity contribution < 1.29 is 15.1 Å². The topological polar surface area (TPSA) is 136 Å². The summed E-state index contributed by atoms with van der Waals surface area (Å²) in [5.41, 5.74) is 11.7. The first kappa shape index (κ1) is 38.8. The Labute approximate surface area is 208 Å². The number of aliphatic hydroxyl groups is 1. The van der Waals surface area contributed by atoms with Crippen molar-refractivity contribution in [3.05, 3.63) is 76.5 Å². The Morgan fingerprint density at radius 2 is 1.56 bits per heavy atom. The lowest BCUT2D eigenvalue weighted by atomic mass is 9.97. The Morgan fingerprint density at radius 3 is 1.79 bits per heavy atom. The molecule has 0 aliphatic heterocycles. The van der Waals surface area contributed by atoms with Gasteiger partial charge in [-0.25, -0.2) is 0 Å². The van der Waals surface area contributed by atoms with Gasteiger partial charge in [-0.1, -0.05) is 89.3 Å². The third kappa shape index (κ3) is 34.1. The standard InChI is InChI=1S/C7H9NO2.C7H8O.C6H13N.C4H10.C2H7N.CH4O/c1-3-5-7(6-4-2)8(9)10;1-6-2-4-7(8)5-3-6;7-6-4-2-1-3-5-6;1-3-4-2;1-2-3;1-2/h3-6H,1H2,2H3;2-5,8H,1H3;6H,1-5,7H2;3-4H2,1-2H3;2-3H2,1H3;2H,1H3/b6-4-,7-5+;;;;;. The second-order valence-electron chi connectivity index (χ2n) is 7.23. The van der Waals surface area contributed by atoms with E-state index in [0.29, 0.717) is 11.8 Å². The molecule has 1 aromatic carbocycles. The van der Waals surface area contributed by atoms with Crippen LogP contribution < -0.4 is 11.5 Å². The zero-order valence-corrected chi connectivity index (χ0v) is 22.4. The second kappa shape index (κ2) is 32.7. The van der Waals surface area contributed by atoms with Crippen molar-refractivity contribution in [1.29, 1.82) is 0 Å². The van der Waals surface area contributed by atoms with Gasteiger partial charge in [0.25, 0.3) is 5.70 Å². The summed E-state index contributed by atoms with van der Waals surface area (Å²) >= 11 is 0. The summed E-state index contributed by atoms with van der Waals surface area (Å²) in [4.78, 5) is 9.66. The maximum absolute atomic E-state index is 10.1. The van der Waals surface area contributed by atoms with E-state index >= 15 is 0 Å². The van der Waals surface area contributed by atoms with Crippen molar-refractivity contribution in [2.45, 2.75) is 85.6 Å². The zero-order valence-electron chi connectivity index (χ0n) is 22.4. The van der Waals surface area contributed by atoms with E-state index in [1.54, 1.807) is 25.1 Å². The molecule has 198 valence electrons. The number of hydrogen-bond donors (Lipinski definition) is 4. The van der Waals surface area contributed by atoms with Crippen LogP contribution in [0.25, 0.3) is 0 Å². The number of aromatic hydroxyl groups is 1. The van der Waals surface area contributed by atoms with Crippen LogP contribution in [0, 0.1) is 17.0 Å². The molecule has 0 heterocycles. The average Bonchev–Trinajstić information content (AvgIpc) is 2.84. The maximum atomic E-state index is 10.1. The molecule has 1 aliphatic rings. The SMILES string of the molecule is C=C/C=C(\C=C/C)[N+](=O)[O-].CCCC.CCN.CO.Cc1ccc(O)cc1.NC1CCCCC1. The molecule has 0 atom stereocenters. The minimum Gasteiger partial charge on any atom is -0.508 e. The first-order chi connectivity index (χ1) is 16.2. The number of nitro groups is 1. The fraction of sp³-hybridized carbons (Fsp3) is 0.556. The van der Waals surface area contributed by atoms with Crippen molar-refractivity contribution in [3.8, 4) is 5.75 Å². The van der Waals surface area contributed by atoms with E-state index in [1.165, 1.54) is 68.7 Å². The molecule has 6 N–H and O–H groups in total. The lowest BCUT2D eigenvalue weighted by Crippen LogP contribution is -2.22. The van der Waals surface area contributed by atoms with E-state index in [9.17, 15) is 10.1 Å². The van der Waals surface area contributed by atoms with Crippen molar-refractivity contribution in [2.24, 2.45) is 11.5 Å². The van der Waals surface area contributed by atoms with Gasteiger partial charge in [-0.2, -0.15) is 0 Å². The number of aliphatic hydroxyl groups excluding tert-OH is 1. The normalized spacial score (nSPS) is 12.4. The van der Waals surface area contributed by atoms with Crippen LogP contribution >= 0.6 is 0 Å². The smallest absolute Gasteiger partial charge is 0.269 e. The number of benzene rings is 1. The van der Waals surface area contributed by atoms with Crippen LogP contribution in [0.15, 0.2) is 60.8 Å². The van der Waals surface area contributed by atoms with Gasteiger partial charge >= 0.3 is 0 Å². The molecule has 2 rings (SSSR count). The Kier molecular flexibility index (Phi) is 37.3. The van der Waals surface area contributed by atoms with Crippen LogP contribution in [-0.4, -0.2) is 34.8 Å². The molecule has 0 radical (unpaired) electrons. The van der Waals surface area contributed by atoms with Crippen LogP contribution in [0.4, 0.5) is 0 Å². The number of nitrogens with two attached hydrogens (primary N) is 2. The van der Waals surface area contributed by atoms with E-state index in [0.717, 1.165) is 13.7 Å². The molecule has 0 spiro atoms. The Balaban J connectivity index is -0.000000171. The number of hydrogen-bond acceptors (Lipinski definition) is 6. The highest BCUT2D eigenvalue weighted by Gasteiger charge is 2.06. The molecular weight excluding hydrogens is 430 g/mol. The number of allylic oxidation sites excluding steroid dienone is 4. The summed E-state index contributed by atoms with van der Waals surface area (Å²) in [6.45, 7) is 14.1. The van der Waals surface area contributed by atoms with Crippen molar-refractivity contribution in [2.75, 3.05) is 13.7 Å². The monoisotopic (exact) mass is 481 g/mol. The van der Waals surface area contributed by atoms with Gasteiger partial charge < -0.3 is 21.7 Å². The summed E-state index contributed by atoms with van der Waals surface area (Å²) in [6, 6.07) is 7.63. The highest BCUT2D eigenvalue weighted by atomic mass is 16.6. The summed E-state index contributed by atoms with van der Waals surface area (Å²) in [5.74, 6) is 0.329. The molecule has 1 aromatic rings. The number of aryl methyl sites for hydroxylation is 1. The minimum atomic E-state index is -0.457. The third-order valence-corrected chi connectivity index (χ3v) is 4.02. The zero-order chi connectivity index (χ0) is 27.2. The molecular formula is C27H51N3O4. The fourth-order valence-electron chi connectivity index (χ4n) is 2.15. The molecule has 0 aromatic heterocycles.